The zero-order valence-corrected chi connectivity index (χ0v) is 12.4. The standard InChI is InChI=1S/C14H13BrN4O/c1-10(12-5-6-13(15)20-12)18-11-4-2-7-16-14(11)19-9-3-8-17-19/h2-10,18H,1H3. The van der Waals surface area contributed by atoms with Gasteiger partial charge in [0.1, 0.15) is 5.76 Å². The summed E-state index contributed by atoms with van der Waals surface area (Å²) in [6.07, 6.45) is 5.34. The van der Waals surface area contributed by atoms with Crippen LogP contribution in [0.2, 0.25) is 0 Å². The van der Waals surface area contributed by atoms with E-state index in [2.05, 4.69) is 31.3 Å². The van der Waals surface area contributed by atoms with Gasteiger partial charge in [-0.05, 0) is 53.2 Å². The number of hydrogen-bond donors (Lipinski definition) is 1. The van der Waals surface area contributed by atoms with Crippen LogP contribution in [0.4, 0.5) is 5.69 Å². The van der Waals surface area contributed by atoms with Crippen molar-refractivity contribution >= 4 is 21.6 Å². The van der Waals surface area contributed by atoms with Crippen molar-refractivity contribution in [3.63, 3.8) is 0 Å². The summed E-state index contributed by atoms with van der Waals surface area (Å²) in [6.45, 7) is 2.03. The second-order valence-corrected chi connectivity index (χ2v) is 5.11. The topological polar surface area (TPSA) is 55.9 Å². The normalized spacial score (nSPS) is 12.3. The molecule has 0 bridgehead atoms. The van der Waals surface area contributed by atoms with Crippen LogP contribution in [0.3, 0.4) is 0 Å². The first kappa shape index (κ1) is 12.9. The minimum atomic E-state index is 0.0276. The Balaban J connectivity index is 1.88. The molecule has 3 heterocycles. The van der Waals surface area contributed by atoms with Gasteiger partial charge in [0, 0.05) is 18.6 Å². The first-order valence-corrected chi connectivity index (χ1v) is 7.00. The lowest BCUT2D eigenvalue weighted by Gasteiger charge is -2.15. The molecule has 1 unspecified atom stereocenters. The molecule has 0 aliphatic heterocycles. The first-order chi connectivity index (χ1) is 9.74. The summed E-state index contributed by atoms with van der Waals surface area (Å²) >= 11 is 3.31. The summed E-state index contributed by atoms with van der Waals surface area (Å²) in [7, 11) is 0. The average molecular weight is 333 g/mol. The molecular weight excluding hydrogens is 320 g/mol. The number of nitrogens with one attached hydrogen (secondary N) is 1. The summed E-state index contributed by atoms with van der Waals surface area (Å²) in [5, 5.41) is 7.60. The fourth-order valence-corrected chi connectivity index (χ4v) is 2.27. The predicted molar refractivity (Wildman–Crippen MR) is 79.8 cm³/mol. The lowest BCUT2D eigenvalue weighted by atomic mass is 10.2. The van der Waals surface area contributed by atoms with Crippen molar-refractivity contribution in [3.8, 4) is 5.82 Å². The fourth-order valence-electron chi connectivity index (χ4n) is 1.95. The third-order valence-electron chi connectivity index (χ3n) is 2.90. The largest absolute Gasteiger partial charge is 0.452 e. The third-order valence-corrected chi connectivity index (χ3v) is 3.33. The summed E-state index contributed by atoms with van der Waals surface area (Å²) in [6, 6.07) is 9.57. The maximum absolute atomic E-state index is 5.56. The summed E-state index contributed by atoms with van der Waals surface area (Å²) in [5.74, 6) is 1.61. The highest BCUT2D eigenvalue weighted by Crippen LogP contribution is 2.25. The Bertz CT molecular complexity index is 693. The Labute approximate surface area is 124 Å². The van der Waals surface area contributed by atoms with Crippen molar-refractivity contribution in [1.29, 1.82) is 0 Å². The van der Waals surface area contributed by atoms with Gasteiger partial charge in [-0.1, -0.05) is 0 Å². The van der Waals surface area contributed by atoms with Gasteiger partial charge < -0.3 is 9.73 Å². The van der Waals surface area contributed by atoms with Gasteiger partial charge in [-0.3, -0.25) is 0 Å². The van der Waals surface area contributed by atoms with E-state index in [9.17, 15) is 0 Å². The molecular formula is C14H13BrN4O. The number of hydrogen-bond acceptors (Lipinski definition) is 4. The summed E-state index contributed by atoms with van der Waals surface area (Å²) < 4.78 is 8.01. The minimum Gasteiger partial charge on any atom is -0.452 e. The molecule has 0 fully saturated rings. The molecule has 1 N–H and O–H groups in total. The highest BCUT2D eigenvalue weighted by Gasteiger charge is 2.13. The van der Waals surface area contributed by atoms with Gasteiger partial charge in [0.25, 0.3) is 0 Å². The Morgan fingerprint density at radius 1 is 1.25 bits per heavy atom. The van der Waals surface area contributed by atoms with E-state index in [-0.39, 0.29) is 6.04 Å². The van der Waals surface area contributed by atoms with Crippen molar-refractivity contribution in [2.24, 2.45) is 0 Å². The molecule has 3 rings (SSSR count). The van der Waals surface area contributed by atoms with Gasteiger partial charge in [-0.25, -0.2) is 9.67 Å². The molecule has 0 saturated heterocycles. The van der Waals surface area contributed by atoms with Gasteiger partial charge in [0.15, 0.2) is 10.5 Å². The Kier molecular flexibility index (Phi) is 3.56. The third kappa shape index (κ3) is 2.60. The Hall–Kier alpha value is -2.08. The highest BCUT2D eigenvalue weighted by molar-refractivity contribution is 9.10. The van der Waals surface area contributed by atoms with Crippen LogP contribution in [0.15, 0.2) is 58.0 Å². The number of aromatic nitrogens is 3. The molecule has 0 aromatic carbocycles. The molecule has 1 atom stereocenters. The summed E-state index contributed by atoms with van der Waals surface area (Å²) in [5.41, 5.74) is 0.899. The molecule has 5 nitrogen and oxygen atoms in total. The van der Waals surface area contributed by atoms with E-state index in [4.69, 9.17) is 4.42 Å². The number of furan rings is 1. The van der Waals surface area contributed by atoms with Crippen LogP contribution < -0.4 is 5.32 Å². The number of nitrogens with zero attached hydrogens (tertiary/aromatic N) is 3. The maximum atomic E-state index is 5.56. The van der Waals surface area contributed by atoms with Gasteiger partial charge in [0.2, 0.25) is 0 Å². The van der Waals surface area contributed by atoms with E-state index in [1.54, 1.807) is 17.1 Å². The van der Waals surface area contributed by atoms with Crippen LogP contribution in [0.1, 0.15) is 18.7 Å². The molecule has 3 aromatic heterocycles. The molecule has 0 aliphatic carbocycles. The SMILES string of the molecule is CC(Nc1cccnc1-n1cccn1)c1ccc(Br)o1. The van der Waals surface area contributed by atoms with Crippen LogP contribution in [-0.4, -0.2) is 14.8 Å². The van der Waals surface area contributed by atoms with Crippen LogP contribution in [0.25, 0.3) is 5.82 Å². The molecule has 102 valence electrons. The predicted octanol–water partition coefficient (Wildman–Crippen LogP) is 3.80. The van der Waals surface area contributed by atoms with Gasteiger partial charge in [-0.2, -0.15) is 5.10 Å². The average Bonchev–Trinajstić information content (AvgIpc) is 3.10. The van der Waals surface area contributed by atoms with Crippen molar-refractivity contribution in [1.82, 2.24) is 14.8 Å². The Morgan fingerprint density at radius 3 is 2.85 bits per heavy atom. The molecule has 0 saturated carbocycles. The second kappa shape index (κ2) is 5.50. The van der Waals surface area contributed by atoms with E-state index in [1.807, 2.05) is 43.5 Å². The van der Waals surface area contributed by atoms with E-state index in [0.29, 0.717) is 0 Å². The first-order valence-electron chi connectivity index (χ1n) is 6.21. The van der Waals surface area contributed by atoms with E-state index in [1.165, 1.54) is 0 Å². The molecule has 0 spiro atoms. The number of rotatable bonds is 4. The van der Waals surface area contributed by atoms with Crippen LogP contribution in [0, 0.1) is 0 Å². The number of halogens is 1. The van der Waals surface area contributed by atoms with Crippen molar-refractivity contribution < 1.29 is 4.42 Å². The molecule has 0 amide bonds. The molecule has 3 aromatic rings. The molecule has 0 aliphatic rings. The van der Waals surface area contributed by atoms with E-state index < -0.39 is 0 Å². The monoisotopic (exact) mass is 332 g/mol. The fraction of sp³-hybridized carbons (Fsp3) is 0.143. The number of anilines is 1. The second-order valence-electron chi connectivity index (χ2n) is 4.33. The zero-order valence-electron chi connectivity index (χ0n) is 10.8. The maximum Gasteiger partial charge on any atom is 0.176 e. The van der Waals surface area contributed by atoms with Crippen molar-refractivity contribution in [2.75, 3.05) is 5.32 Å². The molecule has 0 radical (unpaired) electrons. The van der Waals surface area contributed by atoms with Crippen molar-refractivity contribution in [3.05, 3.63) is 59.4 Å². The quantitative estimate of drug-likeness (QED) is 0.789. The molecule has 20 heavy (non-hydrogen) atoms. The number of pyridine rings is 1. The molecule has 6 heteroatoms. The smallest absolute Gasteiger partial charge is 0.176 e. The van der Waals surface area contributed by atoms with Gasteiger partial charge >= 0.3 is 0 Å². The van der Waals surface area contributed by atoms with Gasteiger partial charge in [0.05, 0.1) is 11.7 Å². The van der Waals surface area contributed by atoms with E-state index in [0.717, 1.165) is 21.9 Å². The zero-order chi connectivity index (χ0) is 13.9. The summed E-state index contributed by atoms with van der Waals surface area (Å²) in [4.78, 5) is 4.37. The van der Waals surface area contributed by atoms with Crippen molar-refractivity contribution in [2.45, 2.75) is 13.0 Å². The van der Waals surface area contributed by atoms with E-state index >= 15 is 0 Å². The van der Waals surface area contributed by atoms with Gasteiger partial charge in [-0.15, -0.1) is 0 Å². The Morgan fingerprint density at radius 2 is 2.15 bits per heavy atom. The lowest BCUT2D eigenvalue weighted by molar-refractivity contribution is 0.471. The van der Waals surface area contributed by atoms with Crippen LogP contribution >= 0.6 is 15.9 Å². The lowest BCUT2D eigenvalue weighted by Crippen LogP contribution is -2.10. The highest BCUT2D eigenvalue weighted by atomic mass is 79.9. The minimum absolute atomic E-state index is 0.0276. The van der Waals surface area contributed by atoms with Crippen LogP contribution in [-0.2, 0) is 0 Å². The van der Waals surface area contributed by atoms with Crippen LogP contribution in [0.5, 0.6) is 0 Å².